The van der Waals surface area contributed by atoms with Gasteiger partial charge in [-0.3, -0.25) is 10.1 Å². The number of nitrogens with zero attached hydrogens (tertiary/aromatic N) is 3. The van der Waals surface area contributed by atoms with Gasteiger partial charge in [0.15, 0.2) is 8.32 Å². The molecule has 4 aromatic rings. The Labute approximate surface area is 272 Å². The van der Waals surface area contributed by atoms with E-state index >= 15 is 0 Å². The summed E-state index contributed by atoms with van der Waals surface area (Å²) >= 11 is 0. The second kappa shape index (κ2) is 12.5. The molecular formula is C33H39F3N4O6Si. The van der Waals surface area contributed by atoms with Crippen LogP contribution in [0.4, 0.5) is 13.2 Å². The van der Waals surface area contributed by atoms with E-state index in [-0.39, 0.29) is 41.3 Å². The minimum atomic E-state index is -4.80. The van der Waals surface area contributed by atoms with Crippen molar-refractivity contribution in [3.63, 3.8) is 0 Å². The molecule has 1 aliphatic heterocycles. The maximum atomic E-state index is 14.2. The van der Waals surface area contributed by atoms with E-state index in [0.717, 1.165) is 5.56 Å². The van der Waals surface area contributed by atoms with Crippen LogP contribution in [0.5, 0.6) is 5.75 Å². The Morgan fingerprint density at radius 1 is 0.979 bits per heavy atom. The number of alkyl halides is 3. The van der Waals surface area contributed by atoms with E-state index in [1.165, 1.54) is 12.1 Å². The molecule has 2 atom stereocenters. The highest BCUT2D eigenvalue weighted by atomic mass is 28.4. The first-order valence-electron chi connectivity index (χ1n) is 15.2. The van der Waals surface area contributed by atoms with Gasteiger partial charge in [0.1, 0.15) is 29.2 Å². The Bertz CT molecular complexity index is 1720. The molecule has 0 radical (unpaired) electrons. The van der Waals surface area contributed by atoms with Crippen molar-refractivity contribution in [3.05, 3.63) is 59.7 Å². The lowest BCUT2D eigenvalue weighted by Crippen LogP contribution is -2.51. The number of fused-ring (bicyclic) bond motifs is 1. The highest BCUT2D eigenvalue weighted by molar-refractivity contribution is 6.74. The Morgan fingerprint density at radius 2 is 1.68 bits per heavy atom. The smallest absolute Gasteiger partial charge is 0.422 e. The quantitative estimate of drug-likeness (QED) is 0.146. The number of ether oxygens (including phenoxy) is 2. The maximum absolute atomic E-state index is 14.2. The zero-order valence-electron chi connectivity index (χ0n) is 27.6. The molecule has 2 aromatic heterocycles. The molecule has 10 nitrogen and oxygen atoms in total. The number of aromatic nitrogens is 3. The van der Waals surface area contributed by atoms with Crippen LogP contribution in [0.25, 0.3) is 34.3 Å². The van der Waals surface area contributed by atoms with Crippen LogP contribution in [-0.2, 0) is 20.1 Å². The van der Waals surface area contributed by atoms with E-state index in [1.54, 1.807) is 51.1 Å². The van der Waals surface area contributed by atoms with Gasteiger partial charge in [0.05, 0.1) is 18.7 Å². The van der Waals surface area contributed by atoms with E-state index < -0.39 is 49.4 Å². The van der Waals surface area contributed by atoms with Crippen LogP contribution >= 0.6 is 0 Å². The van der Waals surface area contributed by atoms with Crippen LogP contribution in [0.2, 0.25) is 18.1 Å². The minimum Gasteiger partial charge on any atom is -0.491 e. The van der Waals surface area contributed by atoms with E-state index in [0.29, 0.717) is 11.3 Å². The summed E-state index contributed by atoms with van der Waals surface area (Å²) < 4.78 is 71.5. The largest absolute Gasteiger partial charge is 0.491 e. The molecule has 2 aromatic carbocycles. The fourth-order valence-corrected chi connectivity index (χ4v) is 6.12. The average Bonchev–Trinajstić information content (AvgIpc) is 3.63. The molecule has 252 valence electrons. The Morgan fingerprint density at radius 3 is 2.32 bits per heavy atom. The fourth-order valence-electron chi connectivity index (χ4n) is 4.84. The highest BCUT2D eigenvalue weighted by Gasteiger charge is 2.44. The van der Waals surface area contributed by atoms with Crippen molar-refractivity contribution in [2.45, 2.75) is 83.6 Å². The number of benzene rings is 2. The molecule has 3 heterocycles. The van der Waals surface area contributed by atoms with Crippen molar-refractivity contribution >= 4 is 14.3 Å². The molecule has 0 saturated carbocycles. The molecule has 14 heteroatoms. The van der Waals surface area contributed by atoms with Crippen LogP contribution < -0.4 is 10.1 Å². The summed E-state index contributed by atoms with van der Waals surface area (Å²) in [6, 6.07) is 12.8. The number of rotatable bonds is 8. The number of hydrogen-bond acceptors (Lipinski definition) is 10. The molecule has 0 aliphatic carbocycles. The summed E-state index contributed by atoms with van der Waals surface area (Å²) in [5, 5.41) is 10.8. The Kier molecular flexibility index (Phi) is 9.16. The van der Waals surface area contributed by atoms with E-state index in [1.807, 2.05) is 6.07 Å². The number of carbonyl (C=O) groups excluding carboxylic acids is 1. The minimum absolute atomic E-state index is 0.0317. The predicted octanol–water partition coefficient (Wildman–Crippen LogP) is 7.83. The van der Waals surface area contributed by atoms with Gasteiger partial charge in [-0.2, -0.15) is 18.2 Å². The summed E-state index contributed by atoms with van der Waals surface area (Å²) in [4.78, 5) is 16.7. The highest BCUT2D eigenvalue weighted by Crippen LogP contribution is 2.45. The fraction of sp³-hybridized carbons (Fsp3) is 0.455. The van der Waals surface area contributed by atoms with E-state index in [4.69, 9.17) is 22.9 Å². The van der Waals surface area contributed by atoms with Crippen molar-refractivity contribution in [2.24, 2.45) is 0 Å². The number of nitrogens with one attached hydrogen (secondary N) is 1. The third-order valence-corrected chi connectivity index (χ3v) is 12.6. The first-order chi connectivity index (χ1) is 21.8. The number of esters is 1. The third-order valence-electron chi connectivity index (χ3n) is 8.16. The third kappa shape index (κ3) is 7.60. The molecule has 5 rings (SSSR count). The van der Waals surface area contributed by atoms with Gasteiger partial charge in [0.25, 0.3) is 5.89 Å². The normalized spacial score (nSPS) is 17.3. The van der Waals surface area contributed by atoms with Crippen molar-refractivity contribution < 1.29 is 40.9 Å². The number of halogens is 3. The van der Waals surface area contributed by atoms with Crippen LogP contribution in [-0.4, -0.2) is 54.4 Å². The number of carbonyl (C=O) groups is 1. The Balaban J connectivity index is 1.45. The summed E-state index contributed by atoms with van der Waals surface area (Å²) in [5.41, 5.74) is -0.683. The zero-order chi connectivity index (χ0) is 34.4. The molecule has 0 fully saturated rings. The molecule has 2 unspecified atom stereocenters. The van der Waals surface area contributed by atoms with Crippen molar-refractivity contribution in [1.82, 2.24) is 20.6 Å². The summed E-state index contributed by atoms with van der Waals surface area (Å²) in [6.45, 7) is 16.3. The van der Waals surface area contributed by atoms with E-state index in [9.17, 15) is 18.0 Å². The van der Waals surface area contributed by atoms with Crippen LogP contribution in [0.15, 0.2) is 57.6 Å². The summed E-state index contributed by atoms with van der Waals surface area (Å²) in [7, 11) is -2.31. The van der Waals surface area contributed by atoms with Crippen LogP contribution in [0.3, 0.4) is 0 Å². The topological polar surface area (TPSA) is 122 Å². The van der Waals surface area contributed by atoms with Crippen molar-refractivity contribution in [2.75, 3.05) is 13.2 Å². The lowest BCUT2D eigenvalue weighted by molar-refractivity contribution is -0.154. The van der Waals surface area contributed by atoms with E-state index in [2.05, 4.69) is 54.5 Å². The standard InChI is InChI=1S/C33H39F3N4O6Si/c1-31(2,3)43-24(41)17-37-22-18-42-23-16-20(14-15-21(23)27(22)46-47(7,8)32(4,5)6)29-38-30(45-40-29)28-25(33(34,35)36)26(39-44-28)19-12-10-9-11-13-19/h9-16,22,27,37H,17-18H2,1-8H3. The molecule has 1 N–H and O–H groups in total. The number of hydrogen-bond donors (Lipinski definition) is 1. The van der Waals surface area contributed by atoms with Crippen molar-refractivity contribution in [1.29, 1.82) is 0 Å². The average molecular weight is 673 g/mol. The zero-order valence-corrected chi connectivity index (χ0v) is 28.6. The van der Waals surface area contributed by atoms with Gasteiger partial charge < -0.3 is 22.9 Å². The summed E-state index contributed by atoms with van der Waals surface area (Å²) in [5.74, 6) is -1.01. The first-order valence-corrected chi connectivity index (χ1v) is 18.1. The predicted molar refractivity (Wildman–Crippen MR) is 170 cm³/mol. The van der Waals surface area contributed by atoms with Gasteiger partial charge in [0, 0.05) is 16.7 Å². The second-order valence-electron chi connectivity index (χ2n) is 14.0. The van der Waals surface area contributed by atoms with Gasteiger partial charge in [-0.1, -0.05) is 73.5 Å². The molecule has 47 heavy (non-hydrogen) atoms. The molecule has 1 aliphatic rings. The van der Waals surface area contributed by atoms with Crippen molar-refractivity contribution in [3.8, 4) is 40.0 Å². The van der Waals surface area contributed by atoms with Crippen LogP contribution in [0, 0.1) is 0 Å². The first kappa shape index (κ1) is 34.3. The van der Waals surface area contributed by atoms with Gasteiger partial charge in [-0.05, 0) is 45.0 Å². The van der Waals surface area contributed by atoms with Crippen LogP contribution in [0.1, 0.15) is 58.8 Å². The SMILES string of the molecule is CC(C)(C)OC(=O)CNC1COc2cc(-c3noc(-c4onc(-c5ccccc5)c4C(F)(F)F)n3)ccc2C1O[Si](C)(C)C(C)(C)C. The lowest BCUT2D eigenvalue weighted by atomic mass is 9.97. The second-order valence-corrected chi connectivity index (χ2v) is 18.7. The Hall–Kier alpha value is -4.01. The molecule has 0 saturated heterocycles. The van der Waals surface area contributed by atoms with Gasteiger partial charge in [-0.25, -0.2) is 0 Å². The molecule has 0 amide bonds. The lowest BCUT2D eigenvalue weighted by Gasteiger charge is -2.43. The molecule has 0 bridgehead atoms. The summed E-state index contributed by atoms with van der Waals surface area (Å²) in [6.07, 6.45) is -5.26. The molecular weight excluding hydrogens is 633 g/mol. The molecule has 0 spiro atoms. The maximum Gasteiger partial charge on any atom is 0.422 e. The monoisotopic (exact) mass is 672 g/mol. The van der Waals surface area contributed by atoms with Gasteiger partial charge in [-0.15, -0.1) is 0 Å². The van der Waals surface area contributed by atoms with Gasteiger partial charge >= 0.3 is 12.1 Å². The van der Waals surface area contributed by atoms with Gasteiger partial charge in [0.2, 0.25) is 11.6 Å².